The zero-order valence-corrected chi connectivity index (χ0v) is 18.9. The number of hydrogen-bond donors (Lipinski definition) is 1. The van der Waals surface area contributed by atoms with E-state index in [4.69, 9.17) is 14.1 Å². The number of halogens is 3. The highest BCUT2D eigenvalue weighted by Gasteiger charge is 2.33. The van der Waals surface area contributed by atoms with E-state index in [9.17, 15) is 17.7 Å². The first kappa shape index (κ1) is 22.7. The molecule has 0 spiro atoms. The van der Waals surface area contributed by atoms with Crippen LogP contribution in [0.2, 0.25) is 0 Å². The van der Waals surface area contributed by atoms with Crippen molar-refractivity contribution in [2.45, 2.75) is 45.3 Å². The zero-order valence-electron chi connectivity index (χ0n) is 18.0. The smallest absolute Gasteiger partial charge is 0.422 e. The third kappa shape index (κ3) is 4.93. The summed E-state index contributed by atoms with van der Waals surface area (Å²) in [4.78, 5) is 4.71. The minimum atomic E-state index is -4.42. The summed E-state index contributed by atoms with van der Waals surface area (Å²) in [6.07, 6.45) is -4.42. The molecule has 1 aliphatic rings. The van der Waals surface area contributed by atoms with Gasteiger partial charge in [-0.15, -0.1) is 5.10 Å². The number of rotatable bonds is 5. The third-order valence-electron chi connectivity index (χ3n) is 5.05. The van der Waals surface area contributed by atoms with E-state index in [-0.39, 0.29) is 23.7 Å². The lowest BCUT2D eigenvalue weighted by Crippen LogP contribution is -2.46. The van der Waals surface area contributed by atoms with Gasteiger partial charge in [0, 0.05) is 5.39 Å². The highest BCUT2D eigenvalue weighted by molar-refractivity contribution is 7.92. The van der Waals surface area contributed by atoms with E-state index in [1.54, 1.807) is 18.2 Å². The number of aromatic nitrogens is 3. The number of nitrogens with one attached hydrogen (secondary N) is 1. The van der Waals surface area contributed by atoms with Gasteiger partial charge in [-0.05, 0) is 52.8 Å². The van der Waals surface area contributed by atoms with E-state index in [1.807, 2.05) is 27.7 Å². The van der Waals surface area contributed by atoms with Crippen molar-refractivity contribution in [3.8, 4) is 17.3 Å². The summed E-state index contributed by atoms with van der Waals surface area (Å²) in [5.74, 6) is 1.44. The SMILES string of the molecule is Cc1cc(-c2nnc(N[C@H]3C[S@+]([O-])C3)o2)nc2c(C(C)(C)C)cc(OCC(F)(F)F)cc12. The second-order valence-corrected chi connectivity index (χ2v) is 10.4. The molecular formula is C21H23F3N4O3S. The quantitative estimate of drug-likeness (QED) is 0.555. The molecule has 4 rings (SSSR count). The molecule has 2 aromatic heterocycles. The van der Waals surface area contributed by atoms with Gasteiger partial charge in [0.25, 0.3) is 5.89 Å². The number of ether oxygens (including phenoxy) is 1. The molecule has 0 atom stereocenters. The number of aryl methyl sites for hydroxylation is 1. The molecule has 11 heteroatoms. The van der Waals surface area contributed by atoms with E-state index < -0.39 is 29.4 Å². The summed E-state index contributed by atoms with van der Waals surface area (Å²) in [5, 5.41) is 11.8. The Balaban J connectivity index is 1.71. The first-order valence-corrected chi connectivity index (χ1v) is 11.5. The van der Waals surface area contributed by atoms with Crippen molar-refractivity contribution in [3.05, 3.63) is 29.3 Å². The fraction of sp³-hybridized carbons (Fsp3) is 0.476. The van der Waals surface area contributed by atoms with E-state index in [0.29, 0.717) is 28.1 Å². The maximum Gasteiger partial charge on any atom is 0.422 e. The minimum absolute atomic E-state index is 0.0399. The minimum Gasteiger partial charge on any atom is -0.616 e. The summed E-state index contributed by atoms with van der Waals surface area (Å²) < 4.78 is 59.9. The summed E-state index contributed by atoms with van der Waals surface area (Å²) >= 11 is -0.801. The molecule has 1 saturated heterocycles. The average Bonchev–Trinajstić information content (AvgIpc) is 3.12. The lowest BCUT2D eigenvalue weighted by Gasteiger charge is -2.28. The van der Waals surface area contributed by atoms with E-state index in [2.05, 4.69) is 15.5 Å². The Kier molecular flexibility index (Phi) is 5.74. The van der Waals surface area contributed by atoms with Gasteiger partial charge in [-0.3, -0.25) is 0 Å². The van der Waals surface area contributed by atoms with E-state index >= 15 is 0 Å². The van der Waals surface area contributed by atoms with Crippen LogP contribution < -0.4 is 10.1 Å². The molecule has 0 amide bonds. The number of nitrogens with zero attached hydrogens (tertiary/aromatic N) is 3. The Labute approximate surface area is 185 Å². The number of anilines is 1. The van der Waals surface area contributed by atoms with Crippen molar-refractivity contribution < 1.29 is 26.9 Å². The van der Waals surface area contributed by atoms with Gasteiger partial charge in [0.05, 0.1) is 5.52 Å². The molecule has 0 unspecified atom stereocenters. The van der Waals surface area contributed by atoms with Crippen LogP contribution in [0.4, 0.5) is 19.2 Å². The Hall–Kier alpha value is -2.53. The summed E-state index contributed by atoms with van der Waals surface area (Å²) in [7, 11) is 0. The van der Waals surface area contributed by atoms with E-state index in [0.717, 1.165) is 11.1 Å². The highest BCUT2D eigenvalue weighted by atomic mass is 32.2. The van der Waals surface area contributed by atoms with Crippen molar-refractivity contribution >= 4 is 28.1 Å². The molecule has 0 saturated carbocycles. The normalized spacial score (nSPS) is 19.1. The molecule has 1 N–H and O–H groups in total. The van der Waals surface area contributed by atoms with Crippen molar-refractivity contribution in [1.29, 1.82) is 0 Å². The van der Waals surface area contributed by atoms with Gasteiger partial charge in [-0.1, -0.05) is 25.9 Å². The Morgan fingerprint density at radius 1 is 1.19 bits per heavy atom. The van der Waals surface area contributed by atoms with Crippen LogP contribution in [0.1, 0.15) is 31.9 Å². The first-order valence-electron chi connectivity index (χ1n) is 10.00. The molecule has 1 fully saturated rings. The predicted octanol–water partition coefficient (Wildman–Crippen LogP) is 4.37. The number of alkyl halides is 3. The van der Waals surface area contributed by atoms with Crippen LogP contribution in [0, 0.1) is 6.92 Å². The van der Waals surface area contributed by atoms with Crippen molar-refractivity contribution in [3.63, 3.8) is 0 Å². The molecular weight excluding hydrogens is 445 g/mol. The van der Waals surface area contributed by atoms with Crippen LogP contribution in [0.5, 0.6) is 5.75 Å². The van der Waals surface area contributed by atoms with Crippen LogP contribution >= 0.6 is 0 Å². The van der Waals surface area contributed by atoms with Gasteiger partial charge < -0.3 is 19.0 Å². The zero-order chi connectivity index (χ0) is 23.3. The summed E-state index contributed by atoms with van der Waals surface area (Å²) in [6.45, 7) is 6.34. The van der Waals surface area contributed by atoms with Crippen LogP contribution in [-0.2, 0) is 16.6 Å². The number of pyridine rings is 1. The van der Waals surface area contributed by atoms with Gasteiger partial charge >= 0.3 is 12.2 Å². The molecule has 0 aliphatic carbocycles. The maximum atomic E-state index is 12.7. The molecule has 0 bridgehead atoms. The average molecular weight is 469 g/mol. The fourth-order valence-electron chi connectivity index (χ4n) is 3.44. The van der Waals surface area contributed by atoms with Gasteiger partial charge in [0.15, 0.2) is 6.61 Å². The van der Waals surface area contributed by atoms with Crippen LogP contribution in [0.25, 0.3) is 22.5 Å². The first-order chi connectivity index (χ1) is 14.9. The molecule has 1 aliphatic heterocycles. The Morgan fingerprint density at radius 3 is 2.53 bits per heavy atom. The molecule has 7 nitrogen and oxygen atoms in total. The Morgan fingerprint density at radius 2 is 1.91 bits per heavy atom. The fourth-order valence-corrected chi connectivity index (χ4v) is 4.40. The van der Waals surface area contributed by atoms with Crippen molar-refractivity contribution in [1.82, 2.24) is 15.2 Å². The van der Waals surface area contributed by atoms with Crippen LogP contribution in [0.3, 0.4) is 0 Å². The van der Waals surface area contributed by atoms with Crippen molar-refractivity contribution in [2.75, 3.05) is 23.4 Å². The molecule has 3 heterocycles. The Bertz CT molecular complexity index is 1140. The number of hydrogen-bond acceptors (Lipinski definition) is 7. The van der Waals surface area contributed by atoms with Crippen LogP contribution in [0.15, 0.2) is 22.6 Å². The maximum absolute atomic E-state index is 12.7. The van der Waals surface area contributed by atoms with Crippen molar-refractivity contribution in [2.24, 2.45) is 0 Å². The van der Waals surface area contributed by atoms with Gasteiger partial charge in [-0.2, -0.15) is 13.2 Å². The number of fused-ring (bicyclic) bond motifs is 1. The monoisotopic (exact) mass is 468 g/mol. The van der Waals surface area contributed by atoms with Gasteiger partial charge in [0.2, 0.25) is 0 Å². The standard InChI is InChI=1S/C21H23F3N4O3S/c1-11-5-16(18-27-28-19(31-18)25-12-8-32(29)9-12)26-17-14(11)6-13(30-10-21(22,23)24)7-15(17)20(2,3)4/h5-7,12H,8-10H2,1-4H3,(H,25,28)/t12-,32-. The lowest BCUT2D eigenvalue weighted by molar-refractivity contribution is -0.153. The van der Waals surface area contributed by atoms with Crippen LogP contribution in [-0.4, -0.2) is 50.1 Å². The topological polar surface area (TPSA) is 96.1 Å². The second kappa shape index (κ2) is 8.11. The summed E-state index contributed by atoms with van der Waals surface area (Å²) in [6, 6.07) is 5.19. The van der Waals surface area contributed by atoms with E-state index in [1.165, 1.54) is 0 Å². The lowest BCUT2D eigenvalue weighted by atomic mass is 9.84. The molecule has 0 radical (unpaired) electrons. The molecule has 32 heavy (non-hydrogen) atoms. The van der Waals surface area contributed by atoms with Gasteiger partial charge in [-0.25, -0.2) is 4.98 Å². The third-order valence-corrected chi connectivity index (χ3v) is 6.60. The largest absolute Gasteiger partial charge is 0.616 e. The molecule has 1 aromatic carbocycles. The second-order valence-electron chi connectivity index (χ2n) is 8.87. The molecule has 172 valence electrons. The highest BCUT2D eigenvalue weighted by Crippen LogP contribution is 2.36. The number of benzene rings is 1. The predicted molar refractivity (Wildman–Crippen MR) is 115 cm³/mol. The molecule has 3 aromatic rings. The van der Waals surface area contributed by atoms with Gasteiger partial charge in [0.1, 0.15) is 29.0 Å². The summed E-state index contributed by atoms with van der Waals surface area (Å²) in [5.41, 5.74) is 2.22.